The van der Waals surface area contributed by atoms with E-state index in [1.807, 2.05) is 30.3 Å². The van der Waals surface area contributed by atoms with Crippen molar-refractivity contribution >= 4 is 33.3 Å². The molecule has 0 amide bonds. The SMILES string of the molecule is CC(C)CN1C(=S)N[C@H](c2ccccn2)[C@@H]1c1ccc(-c2ccc(F)cc2Br)o1. The van der Waals surface area contributed by atoms with Crippen LogP contribution in [0.25, 0.3) is 11.3 Å². The van der Waals surface area contributed by atoms with Crippen molar-refractivity contribution in [2.75, 3.05) is 6.54 Å². The molecule has 0 spiro atoms. The maximum atomic E-state index is 13.5. The number of halogens is 2. The molecule has 0 aliphatic carbocycles. The van der Waals surface area contributed by atoms with Gasteiger partial charge in [-0.1, -0.05) is 19.9 Å². The van der Waals surface area contributed by atoms with E-state index in [2.05, 4.69) is 45.0 Å². The maximum absolute atomic E-state index is 13.5. The number of furan rings is 1. The molecule has 2 aromatic heterocycles. The lowest BCUT2D eigenvalue weighted by atomic mass is 10.0. The van der Waals surface area contributed by atoms with Gasteiger partial charge in [-0.25, -0.2) is 4.39 Å². The van der Waals surface area contributed by atoms with Crippen LogP contribution >= 0.6 is 28.1 Å². The van der Waals surface area contributed by atoms with Gasteiger partial charge in [0, 0.05) is 22.8 Å². The highest BCUT2D eigenvalue weighted by atomic mass is 79.9. The standard InChI is InChI=1S/C22H21BrFN3OS/c1-13(2)12-27-21(20(26-22(27)29)17-5-3-4-10-25-17)19-9-8-18(28-19)15-7-6-14(24)11-16(15)23/h3-11,13,20-21H,12H2,1-2H3,(H,26,29)/t20-,21+/m1/s1. The number of pyridine rings is 1. The van der Waals surface area contributed by atoms with Crippen molar-refractivity contribution in [1.82, 2.24) is 15.2 Å². The fourth-order valence-corrected chi connectivity index (χ4v) is 4.51. The van der Waals surface area contributed by atoms with Crippen molar-refractivity contribution < 1.29 is 8.81 Å². The third-order valence-electron chi connectivity index (χ3n) is 4.87. The molecule has 150 valence electrons. The maximum Gasteiger partial charge on any atom is 0.170 e. The third kappa shape index (κ3) is 4.07. The number of thiocarbonyl (C=S) groups is 1. The molecule has 1 N–H and O–H groups in total. The normalized spacial score (nSPS) is 19.1. The largest absolute Gasteiger partial charge is 0.459 e. The molecule has 0 radical (unpaired) electrons. The molecular formula is C22H21BrFN3OS. The summed E-state index contributed by atoms with van der Waals surface area (Å²) in [6.45, 7) is 5.13. The molecule has 4 rings (SSSR count). The molecule has 0 saturated carbocycles. The van der Waals surface area contributed by atoms with Crippen LogP contribution < -0.4 is 5.32 Å². The first-order valence-electron chi connectivity index (χ1n) is 9.47. The van der Waals surface area contributed by atoms with E-state index in [-0.39, 0.29) is 17.9 Å². The molecular weight excluding hydrogens is 453 g/mol. The minimum atomic E-state index is -0.295. The topological polar surface area (TPSA) is 41.3 Å². The minimum absolute atomic E-state index is 0.113. The molecule has 3 aromatic rings. The lowest BCUT2D eigenvalue weighted by Crippen LogP contribution is -2.32. The number of aromatic nitrogens is 1. The summed E-state index contributed by atoms with van der Waals surface area (Å²) in [6.07, 6.45) is 1.78. The number of hydrogen-bond acceptors (Lipinski definition) is 3. The molecule has 1 fully saturated rings. The van der Waals surface area contributed by atoms with Gasteiger partial charge >= 0.3 is 0 Å². The van der Waals surface area contributed by atoms with Gasteiger partial charge in [-0.3, -0.25) is 4.98 Å². The molecule has 1 aliphatic heterocycles. The van der Waals surface area contributed by atoms with Gasteiger partial charge in [-0.05, 0) is 76.5 Å². The number of nitrogens with one attached hydrogen (secondary N) is 1. The first kappa shape index (κ1) is 20.0. The highest BCUT2D eigenvalue weighted by Crippen LogP contribution is 2.41. The lowest BCUT2D eigenvalue weighted by molar-refractivity contribution is 0.253. The fourth-order valence-electron chi connectivity index (χ4n) is 3.65. The summed E-state index contributed by atoms with van der Waals surface area (Å²) in [5, 5.41) is 4.11. The van der Waals surface area contributed by atoms with Crippen LogP contribution in [0, 0.1) is 11.7 Å². The number of hydrogen-bond donors (Lipinski definition) is 1. The van der Waals surface area contributed by atoms with E-state index >= 15 is 0 Å². The van der Waals surface area contributed by atoms with Crippen LogP contribution in [0.5, 0.6) is 0 Å². The summed E-state index contributed by atoms with van der Waals surface area (Å²) < 4.78 is 20.4. The van der Waals surface area contributed by atoms with Crippen LogP contribution in [0.2, 0.25) is 0 Å². The Labute approximate surface area is 183 Å². The Kier molecular flexibility index (Phi) is 5.69. The van der Waals surface area contributed by atoms with Crippen molar-refractivity contribution in [3.63, 3.8) is 0 Å². The summed E-state index contributed by atoms with van der Waals surface area (Å²) in [7, 11) is 0. The van der Waals surface area contributed by atoms with Crippen molar-refractivity contribution in [1.29, 1.82) is 0 Å². The number of nitrogens with zero attached hydrogens (tertiary/aromatic N) is 2. The molecule has 1 aliphatic rings. The van der Waals surface area contributed by atoms with Crippen molar-refractivity contribution in [2.24, 2.45) is 5.92 Å². The van der Waals surface area contributed by atoms with Crippen LogP contribution in [0.15, 0.2) is 63.6 Å². The Morgan fingerprint density at radius 1 is 1.24 bits per heavy atom. The summed E-state index contributed by atoms with van der Waals surface area (Å²) in [5.41, 5.74) is 1.71. The Hall–Kier alpha value is -2.25. The molecule has 4 nitrogen and oxygen atoms in total. The van der Waals surface area contributed by atoms with Crippen molar-refractivity contribution in [3.8, 4) is 11.3 Å². The zero-order valence-corrected chi connectivity index (χ0v) is 18.5. The second-order valence-electron chi connectivity index (χ2n) is 7.50. The summed E-state index contributed by atoms with van der Waals surface area (Å²) in [5.74, 6) is 1.60. The zero-order valence-electron chi connectivity index (χ0n) is 16.1. The Morgan fingerprint density at radius 3 is 2.76 bits per heavy atom. The van der Waals surface area contributed by atoms with Crippen LogP contribution in [0.1, 0.15) is 37.4 Å². The predicted molar refractivity (Wildman–Crippen MR) is 119 cm³/mol. The van der Waals surface area contributed by atoms with Gasteiger partial charge in [0.2, 0.25) is 0 Å². The van der Waals surface area contributed by atoms with Gasteiger partial charge in [0.25, 0.3) is 0 Å². The van der Waals surface area contributed by atoms with Crippen LogP contribution in [0.3, 0.4) is 0 Å². The molecule has 29 heavy (non-hydrogen) atoms. The number of rotatable bonds is 5. The van der Waals surface area contributed by atoms with Gasteiger partial charge in [0.15, 0.2) is 5.11 Å². The lowest BCUT2D eigenvalue weighted by Gasteiger charge is -2.27. The number of benzene rings is 1. The quantitative estimate of drug-likeness (QED) is 0.469. The van der Waals surface area contributed by atoms with Gasteiger partial charge in [-0.2, -0.15) is 0 Å². The van der Waals surface area contributed by atoms with Crippen molar-refractivity contribution in [2.45, 2.75) is 25.9 Å². The fraction of sp³-hybridized carbons (Fsp3) is 0.273. The van der Waals surface area contributed by atoms with Gasteiger partial charge in [-0.15, -0.1) is 0 Å². The van der Waals surface area contributed by atoms with Crippen LogP contribution in [-0.2, 0) is 0 Å². The predicted octanol–water partition coefficient (Wildman–Crippen LogP) is 5.87. The van der Waals surface area contributed by atoms with Gasteiger partial charge < -0.3 is 14.6 Å². The third-order valence-corrected chi connectivity index (χ3v) is 5.88. The van der Waals surface area contributed by atoms with Crippen LogP contribution in [0.4, 0.5) is 4.39 Å². The molecule has 0 bridgehead atoms. The second-order valence-corrected chi connectivity index (χ2v) is 8.74. The minimum Gasteiger partial charge on any atom is -0.459 e. The smallest absolute Gasteiger partial charge is 0.170 e. The molecule has 1 aromatic carbocycles. The summed E-state index contributed by atoms with van der Waals surface area (Å²) >= 11 is 9.07. The zero-order chi connectivity index (χ0) is 20.5. The highest BCUT2D eigenvalue weighted by molar-refractivity contribution is 9.10. The monoisotopic (exact) mass is 473 g/mol. The highest BCUT2D eigenvalue weighted by Gasteiger charge is 2.41. The molecule has 0 unspecified atom stereocenters. The van der Waals surface area contributed by atoms with E-state index in [0.717, 1.165) is 23.6 Å². The van der Waals surface area contributed by atoms with E-state index < -0.39 is 0 Å². The average Bonchev–Trinajstić information content (AvgIpc) is 3.27. The molecule has 3 heterocycles. The van der Waals surface area contributed by atoms with E-state index in [1.165, 1.54) is 12.1 Å². The Morgan fingerprint density at radius 2 is 2.07 bits per heavy atom. The molecule has 7 heteroatoms. The van der Waals surface area contributed by atoms with Gasteiger partial charge in [0.05, 0.1) is 11.7 Å². The molecule has 2 atom stereocenters. The average molecular weight is 474 g/mol. The van der Waals surface area contributed by atoms with E-state index in [0.29, 0.717) is 21.3 Å². The summed E-state index contributed by atoms with van der Waals surface area (Å²) in [4.78, 5) is 6.70. The first-order valence-corrected chi connectivity index (χ1v) is 10.7. The second kappa shape index (κ2) is 8.24. The Bertz CT molecular complexity index is 1020. The van der Waals surface area contributed by atoms with E-state index in [1.54, 1.807) is 12.3 Å². The summed E-state index contributed by atoms with van der Waals surface area (Å²) in [6, 6.07) is 14.1. The van der Waals surface area contributed by atoms with E-state index in [9.17, 15) is 4.39 Å². The van der Waals surface area contributed by atoms with Gasteiger partial charge in [0.1, 0.15) is 23.4 Å². The Balaban J connectivity index is 1.74. The van der Waals surface area contributed by atoms with Crippen LogP contribution in [-0.4, -0.2) is 21.5 Å². The molecule has 1 saturated heterocycles. The van der Waals surface area contributed by atoms with E-state index in [4.69, 9.17) is 16.6 Å². The van der Waals surface area contributed by atoms with Crippen molar-refractivity contribution in [3.05, 3.63) is 76.5 Å². The first-order chi connectivity index (χ1) is 13.9.